The van der Waals surface area contributed by atoms with E-state index in [1.807, 2.05) is 0 Å². The van der Waals surface area contributed by atoms with Gasteiger partial charge in [0.2, 0.25) is 0 Å². The molecule has 0 heterocycles. The van der Waals surface area contributed by atoms with E-state index in [1.165, 1.54) is 57.8 Å². The van der Waals surface area contributed by atoms with Gasteiger partial charge in [0.05, 0.1) is 13.2 Å². The van der Waals surface area contributed by atoms with Gasteiger partial charge in [-0.25, -0.2) is 0 Å². The van der Waals surface area contributed by atoms with E-state index in [2.05, 4.69) is 135 Å². The van der Waals surface area contributed by atoms with Crippen LogP contribution in [0.25, 0.3) is 0 Å². The van der Waals surface area contributed by atoms with Crippen LogP contribution in [-0.2, 0) is 14.3 Å². The van der Waals surface area contributed by atoms with Gasteiger partial charge in [-0.05, 0) is 103 Å². The van der Waals surface area contributed by atoms with Crippen LogP contribution in [0.5, 0.6) is 0 Å². The standard InChI is InChI=1S/C53H86O4/c1-3-5-7-9-11-13-15-17-19-21-23-24-25-26-27-28-29-31-33-35-37-39-41-43-45-47-49-56-51-52(50-54)57-53(55)48-46-44-42-40-38-36-34-32-30-22-20-18-16-14-12-10-8-6-4-2/h5-8,11-14,17-20,23-24,26-27,30,32,36,38,52,54H,3-4,9-10,15-16,21-22,25,28-29,31,33-35,37,39-51H2,1-2H3/b7-5-,8-6-,13-11-,14-12-,19-17-,20-18-,24-23-,27-26-,32-30-,38-36-. The van der Waals surface area contributed by atoms with Crippen LogP contribution in [0.2, 0.25) is 0 Å². The maximum atomic E-state index is 12.2. The first-order valence-corrected chi connectivity index (χ1v) is 23.1. The first kappa shape index (κ1) is 53.8. The van der Waals surface area contributed by atoms with Crippen molar-refractivity contribution in [1.82, 2.24) is 0 Å². The molecule has 0 aliphatic heterocycles. The molecule has 1 N–H and O–H groups in total. The highest BCUT2D eigenvalue weighted by molar-refractivity contribution is 5.69. The lowest BCUT2D eigenvalue weighted by molar-refractivity contribution is -0.154. The predicted molar refractivity (Wildman–Crippen MR) is 251 cm³/mol. The summed E-state index contributed by atoms with van der Waals surface area (Å²) >= 11 is 0. The van der Waals surface area contributed by atoms with E-state index in [-0.39, 0.29) is 19.2 Å². The summed E-state index contributed by atoms with van der Waals surface area (Å²) in [5.41, 5.74) is 0. The maximum Gasteiger partial charge on any atom is 0.306 e. The van der Waals surface area contributed by atoms with Crippen molar-refractivity contribution in [2.75, 3.05) is 19.8 Å². The molecule has 57 heavy (non-hydrogen) atoms. The Bertz CT molecular complexity index is 1150. The van der Waals surface area contributed by atoms with Gasteiger partial charge in [-0.15, -0.1) is 0 Å². The van der Waals surface area contributed by atoms with Crippen molar-refractivity contribution in [3.05, 3.63) is 122 Å². The Morgan fingerprint density at radius 3 is 1.11 bits per heavy atom. The van der Waals surface area contributed by atoms with E-state index >= 15 is 0 Å². The van der Waals surface area contributed by atoms with Crippen LogP contribution >= 0.6 is 0 Å². The van der Waals surface area contributed by atoms with Crippen molar-refractivity contribution in [1.29, 1.82) is 0 Å². The zero-order valence-electron chi connectivity index (χ0n) is 36.8. The second kappa shape index (κ2) is 48.9. The van der Waals surface area contributed by atoms with Gasteiger partial charge in [0.15, 0.2) is 0 Å². The van der Waals surface area contributed by atoms with Crippen molar-refractivity contribution < 1.29 is 19.4 Å². The van der Waals surface area contributed by atoms with Gasteiger partial charge in [-0.1, -0.05) is 193 Å². The van der Waals surface area contributed by atoms with Crippen molar-refractivity contribution in [2.24, 2.45) is 0 Å². The molecule has 0 amide bonds. The van der Waals surface area contributed by atoms with E-state index in [9.17, 15) is 9.90 Å². The lowest BCUT2D eigenvalue weighted by atomic mass is 10.1. The van der Waals surface area contributed by atoms with E-state index in [0.717, 1.165) is 103 Å². The Morgan fingerprint density at radius 2 is 0.737 bits per heavy atom. The number of allylic oxidation sites excluding steroid dienone is 20. The first-order chi connectivity index (χ1) is 28.2. The molecule has 4 heteroatoms. The largest absolute Gasteiger partial charge is 0.457 e. The molecule has 0 aliphatic carbocycles. The van der Waals surface area contributed by atoms with E-state index in [4.69, 9.17) is 9.47 Å². The molecule has 1 atom stereocenters. The summed E-state index contributed by atoms with van der Waals surface area (Å²) in [6, 6.07) is 0. The molecule has 1 unspecified atom stereocenters. The number of carbonyl (C=O) groups is 1. The van der Waals surface area contributed by atoms with Crippen LogP contribution in [0.4, 0.5) is 0 Å². The number of esters is 1. The Labute approximate surface area is 352 Å². The first-order valence-electron chi connectivity index (χ1n) is 23.1. The second-order valence-electron chi connectivity index (χ2n) is 14.7. The zero-order chi connectivity index (χ0) is 41.2. The van der Waals surface area contributed by atoms with Crippen LogP contribution in [0.15, 0.2) is 122 Å². The number of hydrogen-bond donors (Lipinski definition) is 1. The average Bonchev–Trinajstić information content (AvgIpc) is 3.22. The van der Waals surface area contributed by atoms with Crippen molar-refractivity contribution in [2.45, 2.75) is 187 Å². The fourth-order valence-electron chi connectivity index (χ4n) is 5.91. The third-order valence-electron chi connectivity index (χ3n) is 9.28. The van der Waals surface area contributed by atoms with Crippen LogP contribution < -0.4 is 0 Å². The molecule has 0 saturated heterocycles. The van der Waals surface area contributed by atoms with Gasteiger partial charge >= 0.3 is 5.97 Å². The topological polar surface area (TPSA) is 55.8 Å². The molecule has 0 spiro atoms. The molecule has 0 aliphatic rings. The average molecular weight is 787 g/mol. The Hall–Kier alpha value is -3.21. The maximum absolute atomic E-state index is 12.2. The third kappa shape index (κ3) is 47.1. The predicted octanol–water partition coefficient (Wildman–Crippen LogP) is 15.7. The number of hydrogen-bond acceptors (Lipinski definition) is 4. The summed E-state index contributed by atoms with van der Waals surface area (Å²) in [5, 5.41) is 9.62. The molecular formula is C53H86O4. The third-order valence-corrected chi connectivity index (χ3v) is 9.28. The fraction of sp³-hybridized carbons (Fsp3) is 0.604. The van der Waals surface area contributed by atoms with Gasteiger partial charge in [0, 0.05) is 13.0 Å². The summed E-state index contributed by atoms with van der Waals surface area (Å²) in [7, 11) is 0. The quantitative estimate of drug-likeness (QED) is 0.0381. The number of carbonyl (C=O) groups excluding carboxylic acids is 1. The van der Waals surface area contributed by atoms with Gasteiger partial charge in [-0.3, -0.25) is 4.79 Å². The summed E-state index contributed by atoms with van der Waals surface area (Å²) in [4.78, 5) is 12.2. The molecule has 0 bridgehead atoms. The minimum atomic E-state index is -0.564. The molecule has 4 nitrogen and oxygen atoms in total. The van der Waals surface area contributed by atoms with Crippen LogP contribution in [0.1, 0.15) is 181 Å². The van der Waals surface area contributed by atoms with E-state index < -0.39 is 6.10 Å². The number of rotatable bonds is 41. The fourth-order valence-corrected chi connectivity index (χ4v) is 5.91. The molecule has 0 aromatic carbocycles. The van der Waals surface area contributed by atoms with Crippen LogP contribution in [-0.4, -0.2) is 37.0 Å². The molecule has 0 rings (SSSR count). The Morgan fingerprint density at radius 1 is 0.421 bits per heavy atom. The smallest absolute Gasteiger partial charge is 0.306 e. The lowest BCUT2D eigenvalue weighted by Crippen LogP contribution is -2.27. The minimum absolute atomic E-state index is 0.195. The van der Waals surface area contributed by atoms with Crippen LogP contribution in [0.3, 0.4) is 0 Å². The zero-order valence-corrected chi connectivity index (χ0v) is 36.8. The SMILES string of the molecule is CC/C=C\C/C=C\C/C=C\C/C=C\C/C=C\CCCCCCCCCCCCOCC(CO)OC(=O)CCCCC/C=C\C/C=C\C/C=C\C/C=C\C/C=C\CC. The van der Waals surface area contributed by atoms with Gasteiger partial charge in [-0.2, -0.15) is 0 Å². The Balaban J connectivity index is 3.54. The highest BCUT2D eigenvalue weighted by Crippen LogP contribution is 2.12. The van der Waals surface area contributed by atoms with E-state index in [0.29, 0.717) is 13.0 Å². The molecule has 322 valence electrons. The highest BCUT2D eigenvalue weighted by atomic mass is 16.6. The number of ether oxygens (including phenoxy) is 2. The van der Waals surface area contributed by atoms with Crippen molar-refractivity contribution in [3.8, 4) is 0 Å². The summed E-state index contributed by atoms with van der Waals surface area (Å²) < 4.78 is 11.2. The number of aliphatic hydroxyl groups excluding tert-OH is 1. The molecule has 0 radical (unpaired) electrons. The molecule has 0 saturated carbocycles. The monoisotopic (exact) mass is 787 g/mol. The minimum Gasteiger partial charge on any atom is -0.457 e. The molecule has 0 aromatic rings. The second-order valence-corrected chi connectivity index (χ2v) is 14.7. The number of aliphatic hydroxyl groups is 1. The highest BCUT2D eigenvalue weighted by Gasteiger charge is 2.13. The van der Waals surface area contributed by atoms with Gasteiger partial charge in [0.1, 0.15) is 6.10 Å². The summed E-state index contributed by atoms with van der Waals surface area (Å²) in [6.07, 6.45) is 72.7. The van der Waals surface area contributed by atoms with E-state index in [1.54, 1.807) is 0 Å². The summed E-state index contributed by atoms with van der Waals surface area (Å²) in [5.74, 6) is -0.238. The Kier molecular flexibility index (Phi) is 46.2. The van der Waals surface area contributed by atoms with Gasteiger partial charge in [0.25, 0.3) is 0 Å². The summed E-state index contributed by atoms with van der Waals surface area (Å²) in [6.45, 7) is 5.05. The van der Waals surface area contributed by atoms with Gasteiger partial charge < -0.3 is 14.6 Å². The van der Waals surface area contributed by atoms with Crippen molar-refractivity contribution in [3.63, 3.8) is 0 Å². The number of unbranched alkanes of at least 4 members (excludes halogenated alkanes) is 13. The molecule has 0 fully saturated rings. The lowest BCUT2D eigenvalue weighted by Gasteiger charge is -2.15. The van der Waals surface area contributed by atoms with Crippen molar-refractivity contribution >= 4 is 5.97 Å². The normalized spacial score (nSPS) is 13.5. The van der Waals surface area contributed by atoms with Crippen LogP contribution in [0, 0.1) is 0 Å². The molecular weight excluding hydrogens is 701 g/mol. The molecule has 0 aromatic heterocycles.